The lowest BCUT2D eigenvalue weighted by molar-refractivity contribution is -0.137. The molecule has 1 N–H and O–H groups in total. The van der Waals surface area contributed by atoms with Crippen molar-refractivity contribution in [1.82, 2.24) is 9.88 Å². The number of carbonyl (C=O) groups is 2. The Morgan fingerprint density at radius 3 is 2.45 bits per heavy atom. The van der Waals surface area contributed by atoms with Gasteiger partial charge in [0.15, 0.2) is 0 Å². The van der Waals surface area contributed by atoms with Gasteiger partial charge in [-0.15, -0.1) is 0 Å². The molecule has 5 rings (SSSR count). The molecule has 15 heteroatoms. The third kappa shape index (κ3) is 5.28. The maximum Gasteiger partial charge on any atom is 0.416 e. The molecule has 9 nitrogen and oxygen atoms in total. The minimum absolute atomic E-state index is 0.00962. The van der Waals surface area contributed by atoms with E-state index in [2.05, 4.69) is 10.3 Å². The molecule has 0 bridgehead atoms. The lowest BCUT2D eigenvalue weighted by Crippen LogP contribution is -2.51. The SMILES string of the molecule is O=C(Nc1cnc2c(c1)N(S(=O)(=O)c1cccc(C(F)(F)F)c1)C[C@H](N1CCOC1=O)C2)c1c(Cl)cccc1Cl. The van der Waals surface area contributed by atoms with E-state index < -0.39 is 44.7 Å². The molecular weight excluding hydrogens is 596 g/mol. The number of benzene rings is 2. The van der Waals surface area contributed by atoms with Crippen LogP contribution in [0, 0.1) is 0 Å². The number of alkyl halides is 3. The number of aromatic nitrogens is 1. The Morgan fingerprint density at radius 1 is 1.10 bits per heavy atom. The van der Waals surface area contributed by atoms with Gasteiger partial charge in [-0.05, 0) is 36.4 Å². The van der Waals surface area contributed by atoms with Crippen LogP contribution in [-0.4, -0.2) is 56.0 Å². The molecular formula is C25H19Cl2F3N4O5S. The summed E-state index contributed by atoms with van der Waals surface area (Å²) in [5.41, 5.74) is -0.779. The zero-order chi connectivity index (χ0) is 28.8. The van der Waals surface area contributed by atoms with Crippen molar-refractivity contribution in [2.75, 3.05) is 29.3 Å². The molecule has 3 aromatic rings. The van der Waals surface area contributed by atoms with E-state index in [0.717, 1.165) is 22.5 Å². The first-order chi connectivity index (χ1) is 18.9. The van der Waals surface area contributed by atoms with Crippen LogP contribution in [-0.2, 0) is 27.4 Å². The number of pyridine rings is 1. The number of sulfonamides is 1. The quantitative estimate of drug-likeness (QED) is 0.421. The van der Waals surface area contributed by atoms with Crippen LogP contribution in [0.1, 0.15) is 21.6 Å². The normalized spacial score (nSPS) is 17.4. The number of hydrogen-bond donors (Lipinski definition) is 1. The first-order valence-electron chi connectivity index (χ1n) is 11.7. The molecule has 1 aromatic heterocycles. The summed E-state index contributed by atoms with van der Waals surface area (Å²) in [6.07, 6.45) is -3.97. The summed E-state index contributed by atoms with van der Waals surface area (Å²) in [5, 5.41) is 2.75. The summed E-state index contributed by atoms with van der Waals surface area (Å²) >= 11 is 12.2. The van der Waals surface area contributed by atoms with Gasteiger partial charge in [-0.3, -0.25) is 19.0 Å². The Hall–Kier alpha value is -3.55. The summed E-state index contributed by atoms with van der Waals surface area (Å²) < 4.78 is 73.6. The molecule has 2 amide bonds. The van der Waals surface area contributed by atoms with E-state index in [-0.39, 0.29) is 58.8 Å². The number of amides is 2. The van der Waals surface area contributed by atoms with Crippen LogP contribution in [0.15, 0.2) is 59.6 Å². The minimum Gasteiger partial charge on any atom is -0.448 e. The van der Waals surface area contributed by atoms with Crippen LogP contribution in [0.2, 0.25) is 10.0 Å². The highest BCUT2D eigenvalue weighted by Crippen LogP contribution is 2.37. The fourth-order valence-electron chi connectivity index (χ4n) is 4.54. The minimum atomic E-state index is -4.77. The number of rotatable bonds is 5. The Labute approximate surface area is 236 Å². The van der Waals surface area contributed by atoms with Crippen LogP contribution in [0.5, 0.6) is 0 Å². The topological polar surface area (TPSA) is 109 Å². The van der Waals surface area contributed by atoms with Crippen LogP contribution >= 0.6 is 23.2 Å². The van der Waals surface area contributed by atoms with Crippen molar-refractivity contribution in [3.05, 3.63) is 81.6 Å². The van der Waals surface area contributed by atoms with Crippen molar-refractivity contribution in [1.29, 1.82) is 0 Å². The summed E-state index contributed by atoms with van der Waals surface area (Å²) in [4.78, 5) is 30.2. The third-order valence-corrected chi connectivity index (χ3v) is 8.86. The second kappa shape index (κ2) is 10.5. The maximum absolute atomic E-state index is 13.8. The van der Waals surface area contributed by atoms with Gasteiger partial charge in [0.1, 0.15) is 6.61 Å². The smallest absolute Gasteiger partial charge is 0.416 e. The van der Waals surface area contributed by atoms with Gasteiger partial charge in [-0.25, -0.2) is 13.2 Å². The molecule has 0 unspecified atom stereocenters. The molecule has 40 heavy (non-hydrogen) atoms. The van der Waals surface area contributed by atoms with Gasteiger partial charge in [0, 0.05) is 6.42 Å². The fourth-order valence-corrected chi connectivity index (χ4v) is 6.68. The van der Waals surface area contributed by atoms with Crippen molar-refractivity contribution in [2.24, 2.45) is 0 Å². The van der Waals surface area contributed by atoms with Crippen LogP contribution in [0.3, 0.4) is 0 Å². The first kappa shape index (κ1) is 28.0. The highest BCUT2D eigenvalue weighted by molar-refractivity contribution is 7.92. The van der Waals surface area contributed by atoms with Crippen LogP contribution < -0.4 is 9.62 Å². The van der Waals surface area contributed by atoms with E-state index in [1.54, 1.807) is 6.07 Å². The van der Waals surface area contributed by atoms with Gasteiger partial charge in [0.05, 0.1) is 68.5 Å². The van der Waals surface area contributed by atoms with E-state index in [4.69, 9.17) is 27.9 Å². The van der Waals surface area contributed by atoms with E-state index >= 15 is 0 Å². The van der Waals surface area contributed by atoms with Crippen molar-refractivity contribution < 1.29 is 35.9 Å². The number of cyclic esters (lactones) is 1. The number of hydrogen-bond acceptors (Lipinski definition) is 6. The monoisotopic (exact) mass is 614 g/mol. The second-order valence-corrected chi connectivity index (χ2v) is 11.6. The molecule has 1 atom stereocenters. The lowest BCUT2D eigenvalue weighted by Gasteiger charge is -2.37. The highest BCUT2D eigenvalue weighted by atomic mass is 35.5. The van der Waals surface area contributed by atoms with Crippen molar-refractivity contribution >= 4 is 56.6 Å². The zero-order valence-electron chi connectivity index (χ0n) is 20.3. The largest absolute Gasteiger partial charge is 0.448 e. The van der Waals surface area contributed by atoms with Gasteiger partial charge < -0.3 is 10.1 Å². The standard InChI is InChI=1S/C25H19Cl2F3N4O5S/c26-18-5-2-6-19(27)22(18)23(35)32-15-10-21-20(31-12-15)11-16(33-7-8-39-24(33)36)13-34(21)40(37,38)17-4-1-3-14(9-17)25(28,29)30/h1-6,9-10,12,16H,7-8,11,13H2,(H,32,35)/t16-/m1/s1. The molecule has 2 aromatic carbocycles. The van der Waals surface area contributed by atoms with Crippen LogP contribution in [0.25, 0.3) is 0 Å². The second-order valence-electron chi connectivity index (χ2n) is 8.97. The Bertz CT molecular complexity index is 1600. The highest BCUT2D eigenvalue weighted by Gasteiger charge is 2.41. The Balaban J connectivity index is 1.56. The van der Waals surface area contributed by atoms with Gasteiger partial charge in [0.25, 0.3) is 15.9 Å². The van der Waals surface area contributed by atoms with Gasteiger partial charge in [-0.1, -0.05) is 35.3 Å². The fraction of sp³-hybridized carbons (Fsp3) is 0.240. The van der Waals surface area contributed by atoms with Crippen molar-refractivity contribution in [3.8, 4) is 0 Å². The maximum atomic E-state index is 13.8. The molecule has 0 saturated carbocycles. The third-order valence-electron chi connectivity index (χ3n) is 6.45. The molecule has 2 aliphatic rings. The summed E-state index contributed by atoms with van der Waals surface area (Å²) in [6.45, 7) is 0.0463. The van der Waals surface area contributed by atoms with Gasteiger partial charge in [0.2, 0.25) is 0 Å². The van der Waals surface area contributed by atoms with E-state index in [1.165, 1.54) is 29.3 Å². The number of halogens is 5. The zero-order valence-corrected chi connectivity index (χ0v) is 22.6. The number of carbonyl (C=O) groups excluding carboxylic acids is 2. The molecule has 0 spiro atoms. The van der Waals surface area contributed by atoms with Crippen molar-refractivity contribution in [2.45, 2.75) is 23.5 Å². The average molecular weight is 615 g/mol. The summed E-state index contributed by atoms with van der Waals surface area (Å²) in [7, 11) is -4.59. The van der Waals surface area contributed by atoms with Gasteiger partial charge in [-0.2, -0.15) is 13.2 Å². The number of fused-ring (bicyclic) bond motifs is 1. The Morgan fingerprint density at radius 2 is 1.80 bits per heavy atom. The number of ether oxygens (including phenoxy) is 1. The molecule has 0 aliphatic carbocycles. The predicted molar refractivity (Wildman–Crippen MR) is 140 cm³/mol. The number of nitrogens with one attached hydrogen (secondary N) is 1. The predicted octanol–water partition coefficient (Wildman–Crippen LogP) is 5.23. The molecule has 3 heterocycles. The first-order valence-corrected chi connectivity index (χ1v) is 13.9. The van der Waals surface area contributed by atoms with Crippen molar-refractivity contribution in [3.63, 3.8) is 0 Å². The van der Waals surface area contributed by atoms with Gasteiger partial charge >= 0.3 is 12.3 Å². The molecule has 2 aliphatic heterocycles. The Kier molecular flexibility index (Phi) is 7.31. The molecule has 1 fully saturated rings. The lowest BCUT2D eigenvalue weighted by atomic mass is 10.0. The molecule has 0 radical (unpaired) electrons. The van der Waals surface area contributed by atoms with E-state index in [9.17, 15) is 31.2 Å². The van der Waals surface area contributed by atoms with E-state index in [1.807, 2.05) is 0 Å². The average Bonchev–Trinajstić information content (AvgIpc) is 3.33. The van der Waals surface area contributed by atoms with Crippen LogP contribution in [0.4, 0.5) is 29.3 Å². The summed E-state index contributed by atoms with van der Waals surface area (Å²) in [6, 6.07) is 8.51. The number of anilines is 2. The number of nitrogens with zero attached hydrogens (tertiary/aromatic N) is 3. The molecule has 1 saturated heterocycles. The summed E-state index contributed by atoms with van der Waals surface area (Å²) in [5.74, 6) is -0.682. The van der Waals surface area contributed by atoms with E-state index in [0.29, 0.717) is 6.07 Å². The molecule has 210 valence electrons.